The fraction of sp³-hybridized carbons (Fsp3) is 0.174. The van der Waals surface area contributed by atoms with Crippen LogP contribution in [-0.2, 0) is 22.3 Å². The Morgan fingerprint density at radius 1 is 1.14 bits per heavy atom. The highest BCUT2D eigenvalue weighted by Gasteiger charge is 2.35. The van der Waals surface area contributed by atoms with Gasteiger partial charge in [0.1, 0.15) is 0 Å². The van der Waals surface area contributed by atoms with Gasteiger partial charge in [-0.15, -0.1) is 0 Å². The second-order valence-electron chi connectivity index (χ2n) is 7.30. The Bertz CT molecular complexity index is 1480. The molecule has 2 heterocycles. The number of carbonyl (C=O) groups excluding carboxylic acids is 2. The van der Waals surface area contributed by atoms with Gasteiger partial charge in [-0.1, -0.05) is 18.2 Å². The molecule has 1 amide bonds. The van der Waals surface area contributed by atoms with Crippen LogP contribution in [-0.4, -0.2) is 38.2 Å². The molecule has 2 aromatic heterocycles. The summed E-state index contributed by atoms with van der Waals surface area (Å²) < 4.78 is 52.8. The molecule has 0 aliphatic heterocycles. The summed E-state index contributed by atoms with van der Waals surface area (Å²) in [6.45, 7) is 1.06. The highest BCUT2D eigenvalue weighted by molar-refractivity contribution is 5.90. The van der Waals surface area contributed by atoms with Crippen LogP contribution in [0.4, 0.5) is 23.7 Å². The van der Waals surface area contributed by atoms with E-state index in [1.54, 1.807) is 30.3 Å². The summed E-state index contributed by atoms with van der Waals surface area (Å²) in [5.41, 5.74) is -2.94. The second kappa shape index (κ2) is 9.90. The Balaban J connectivity index is 1.71. The molecule has 36 heavy (non-hydrogen) atoms. The van der Waals surface area contributed by atoms with Crippen molar-refractivity contribution < 1.29 is 32.2 Å². The highest BCUT2D eigenvalue weighted by Crippen LogP contribution is 2.36. The Labute approximate surface area is 200 Å². The van der Waals surface area contributed by atoms with E-state index in [1.807, 2.05) is 0 Å². The van der Waals surface area contributed by atoms with Crippen molar-refractivity contribution in [2.75, 3.05) is 11.9 Å². The lowest BCUT2D eigenvalue weighted by Gasteiger charge is -2.17. The average molecular weight is 501 g/mol. The van der Waals surface area contributed by atoms with E-state index in [-0.39, 0.29) is 23.5 Å². The molecule has 0 saturated heterocycles. The van der Waals surface area contributed by atoms with Crippen LogP contribution in [0.5, 0.6) is 0 Å². The van der Waals surface area contributed by atoms with E-state index >= 15 is 0 Å². The van der Waals surface area contributed by atoms with Crippen LogP contribution in [0, 0.1) is 0 Å². The monoisotopic (exact) mass is 501 g/mol. The van der Waals surface area contributed by atoms with Crippen LogP contribution in [0.1, 0.15) is 28.8 Å². The second-order valence-corrected chi connectivity index (χ2v) is 7.30. The summed E-state index contributed by atoms with van der Waals surface area (Å²) in [7, 11) is 0. The summed E-state index contributed by atoms with van der Waals surface area (Å²) in [5.74, 6) is -1.03. The number of imidazole rings is 1. The number of ether oxygens (including phenoxy) is 2. The Morgan fingerprint density at radius 2 is 1.89 bits per heavy atom. The van der Waals surface area contributed by atoms with Gasteiger partial charge in [0.25, 0.3) is 5.56 Å². The predicted molar refractivity (Wildman–Crippen MR) is 121 cm³/mol. The van der Waals surface area contributed by atoms with Gasteiger partial charge in [-0.3, -0.25) is 10.1 Å². The molecule has 0 atom stereocenters. The summed E-state index contributed by atoms with van der Waals surface area (Å²) in [5, 5.41) is 2.49. The van der Waals surface area contributed by atoms with E-state index in [0.29, 0.717) is 11.8 Å². The third-order valence-corrected chi connectivity index (χ3v) is 4.91. The number of rotatable bonds is 6. The van der Waals surface area contributed by atoms with Gasteiger partial charge < -0.3 is 19.0 Å². The lowest BCUT2D eigenvalue weighted by Crippen LogP contribution is -2.22. The highest BCUT2D eigenvalue weighted by atomic mass is 19.4. The van der Waals surface area contributed by atoms with Crippen LogP contribution in [0.3, 0.4) is 0 Å². The van der Waals surface area contributed by atoms with E-state index in [2.05, 4.69) is 20.3 Å². The molecule has 2 N–H and O–H groups in total. The van der Waals surface area contributed by atoms with Crippen molar-refractivity contribution in [3.63, 3.8) is 0 Å². The maximum atomic E-state index is 13.9. The first kappa shape index (κ1) is 24.4. The lowest BCUT2D eigenvalue weighted by molar-refractivity contribution is -0.137. The Kier molecular flexibility index (Phi) is 6.72. The lowest BCUT2D eigenvalue weighted by atomic mass is 10.1. The summed E-state index contributed by atoms with van der Waals surface area (Å²) in [4.78, 5) is 46.5. The molecular weight excluding hydrogens is 483 g/mol. The van der Waals surface area contributed by atoms with Crippen molar-refractivity contribution in [2.24, 2.45) is 0 Å². The molecule has 186 valence electrons. The minimum absolute atomic E-state index is 0.0156. The number of H-pyrrole nitrogens is 1. The number of carbonyl (C=O) groups is 2. The van der Waals surface area contributed by atoms with E-state index < -0.39 is 47.3 Å². The third kappa shape index (κ3) is 5.19. The number of halogens is 3. The first-order valence-corrected chi connectivity index (χ1v) is 10.5. The molecule has 0 fully saturated rings. The van der Waals surface area contributed by atoms with Crippen LogP contribution < -0.4 is 10.9 Å². The maximum Gasteiger partial charge on any atom is 0.418 e. The fourth-order valence-corrected chi connectivity index (χ4v) is 3.35. The normalized spacial score (nSPS) is 11.3. The zero-order valence-electron chi connectivity index (χ0n) is 18.6. The average Bonchev–Trinajstić information content (AvgIpc) is 3.30. The standard InChI is InChI=1S/C23H18F3N5O5/c1-2-35-21(33)19-20(32)30-15-10-14(23(24,25)26)17(11-16(15)29-19)31-9-8-27-18(31)12-36-22(34)28-13-6-4-3-5-7-13/h3-11H,2,12H2,1H3,(H,28,34)(H,30,32). The first-order chi connectivity index (χ1) is 17.2. The number of benzene rings is 2. The van der Waals surface area contributed by atoms with Crippen molar-refractivity contribution in [1.29, 1.82) is 0 Å². The van der Waals surface area contributed by atoms with Crippen molar-refractivity contribution in [3.8, 4) is 5.69 Å². The first-order valence-electron chi connectivity index (χ1n) is 10.5. The van der Waals surface area contributed by atoms with E-state index in [9.17, 15) is 27.6 Å². The zero-order valence-corrected chi connectivity index (χ0v) is 18.6. The van der Waals surface area contributed by atoms with Gasteiger partial charge in [0.2, 0.25) is 5.69 Å². The van der Waals surface area contributed by atoms with Gasteiger partial charge in [0.05, 0.1) is 28.9 Å². The maximum absolute atomic E-state index is 13.9. The van der Waals surface area contributed by atoms with Crippen LogP contribution in [0.2, 0.25) is 0 Å². The largest absolute Gasteiger partial charge is 0.461 e. The van der Waals surface area contributed by atoms with E-state index in [0.717, 1.165) is 10.6 Å². The van der Waals surface area contributed by atoms with Gasteiger partial charge in [-0.25, -0.2) is 19.6 Å². The minimum Gasteiger partial charge on any atom is -0.461 e. The predicted octanol–water partition coefficient (Wildman–Crippen LogP) is 4.05. The number of alkyl halides is 3. The SMILES string of the molecule is CCOC(=O)c1nc2cc(-n3ccnc3COC(=O)Nc3ccccc3)c(C(F)(F)F)cc2[nH]c1=O. The Hall–Kier alpha value is -4.68. The number of anilines is 1. The number of aromatic nitrogens is 4. The van der Waals surface area contributed by atoms with E-state index in [1.165, 1.54) is 19.3 Å². The van der Waals surface area contributed by atoms with Crippen molar-refractivity contribution in [2.45, 2.75) is 19.7 Å². The molecule has 13 heteroatoms. The van der Waals surface area contributed by atoms with Crippen LogP contribution >= 0.6 is 0 Å². The molecule has 4 rings (SSSR count). The summed E-state index contributed by atoms with van der Waals surface area (Å²) in [6.07, 6.45) is -3.17. The minimum atomic E-state index is -4.83. The number of aromatic amines is 1. The number of nitrogens with one attached hydrogen (secondary N) is 2. The number of para-hydroxylation sites is 1. The van der Waals surface area contributed by atoms with Gasteiger partial charge in [0.15, 0.2) is 12.4 Å². The number of nitrogens with zero attached hydrogens (tertiary/aromatic N) is 3. The van der Waals surface area contributed by atoms with Crippen LogP contribution in [0.25, 0.3) is 16.7 Å². The number of amides is 1. The van der Waals surface area contributed by atoms with Crippen molar-refractivity contribution in [3.05, 3.63) is 82.3 Å². The molecule has 0 spiro atoms. The van der Waals surface area contributed by atoms with Gasteiger partial charge in [-0.05, 0) is 31.2 Å². The molecule has 0 saturated carbocycles. The summed E-state index contributed by atoms with van der Waals surface area (Å²) in [6, 6.07) is 10.2. The molecule has 4 aromatic rings. The van der Waals surface area contributed by atoms with Gasteiger partial charge in [0, 0.05) is 18.1 Å². The molecule has 0 unspecified atom stereocenters. The number of esters is 1. The molecule has 0 radical (unpaired) electrons. The molecule has 0 bridgehead atoms. The summed E-state index contributed by atoms with van der Waals surface area (Å²) >= 11 is 0. The fourth-order valence-electron chi connectivity index (χ4n) is 3.35. The zero-order chi connectivity index (χ0) is 25.9. The van der Waals surface area contributed by atoms with Crippen molar-refractivity contribution in [1.82, 2.24) is 19.5 Å². The molecule has 10 nitrogen and oxygen atoms in total. The molecule has 2 aromatic carbocycles. The molecule has 0 aliphatic rings. The topological polar surface area (TPSA) is 128 Å². The van der Waals surface area contributed by atoms with Gasteiger partial charge >= 0.3 is 18.2 Å². The smallest absolute Gasteiger partial charge is 0.418 e. The Morgan fingerprint density at radius 3 is 2.58 bits per heavy atom. The number of hydrogen-bond acceptors (Lipinski definition) is 7. The van der Waals surface area contributed by atoms with Gasteiger partial charge in [-0.2, -0.15) is 13.2 Å². The number of fused-ring (bicyclic) bond motifs is 1. The molecular formula is C23H18F3N5O5. The quantitative estimate of drug-likeness (QED) is 0.382. The third-order valence-electron chi connectivity index (χ3n) is 4.91. The van der Waals surface area contributed by atoms with Crippen LogP contribution in [0.15, 0.2) is 59.7 Å². The number of hydrogen-bond donors (Lipinski definition) is 2. The van der Waals surface area contributed by atoms with Crippen molar-refractivity contribution >= 4 is 28.8 Å². The molecule has 0 aliphatic carbocycles. The van der Waals surface area contributed by atoms with E-state index in [4.69, 9.17) is 9.47 Å².